The molecule has 0 radical (unpaired) electrons. The lowest BCUT2D eigenvalue weighted by Gasteiger charge is -2.40. The number of piperidine rings is 1. The number of carbonyl (C=O) groups excluding carboxylic acids is 1. The van der Waals surface area contributed by atoms with Gasteiger partial charge in [0.25, 0.3) is 0 Å². The first-order chi connectivity index (χ1) is 9.54. The van der Waals surface area contributed by atoms with E-state index in [0.29, 0.717) is 32.6 Å². The normalized spacial score (nSPS) is 25.9. The molecule has 2 saturated heterocycles. The number of nitrogens with zero attached hydrogens (tertiary/aromatic N) is 2. The minimum Gasteiger partial charge on any atom is -0.336 e. The standard InChI is InChI=1S/C13H25N3O3S/c1-2-3-9-20(18,19)15-7-4-5-12(11-15)16-8-6-14-10-13(16)17/h12,14H,2-11H2,1H3. The van der Waals surface area contributed by atoms with E-state index in [9.17, 15) is 13.2 Å². The van der Waals surface area contributed by atoms with Crippen LogP contribution in [-0.2, 0) is 14.8 Å². The van der Waals surface area contributed by atoms with Crippen molar-refractivity contribution >= 4 is 15.9 Å². The summed E-state index contributed by atoms with van der Waals surface area (Å²) in [6, 6.07) is 0.0507. The van der Waals surface area contributed by atoms with Crippen LogP contribution in [0.4, 0.5) is 0 Å². The molecule has 1 unspecified atom stereocenters. The van der Waals surface area contributed by atoms with Gasteiger partial charge in [-0.15, -0.1) is 0 Å². The van der Waals surface area contributed by atoms with Crippen molar-refractivity contribution in [3.05, 3.63) is 0 Å². The Labute approximate surface area is 121 Å². The van der Waals surface area contributed by atoms with Gasteiger partial charge in [-0.3, -0.25) is 4.79 Å². The van der Waals surface area contributed by atoms with Crippen LogP contribution in [0.5, 0.6) is 0 Å². The molecule has 0 aromatic rings. The molecule has 0 aliphatic carbocycles. The summed E-state index contributed by atoms with van der Waals surface area (Å²) in [5, 5.41) is 3.05. The highest BCUT2D eigenvalue weighted by Crippen LogP contribution is 2.20. The fourth-order valence-corrected chi connectivity index (χ4v) is 4.61. The molecule has 2 heterocycles. The third kappa shape index (κ3) is 3.71. The van der Waals surface area contributed by atoms with E-state index >= 15 is 0 Å². The van der Waals surface area contributed by atoms with Gasteiger partial charge in [-0.25, -0.2) is 8.42 Å². The SMILES string of the molecule is CCCCS(=O)(=O)N1CCCC(N2CCNCC2=O)C1. The monoisotopic (exact) mass is 303 g/mol. The molecule has 1 atom stereocenters. The maximum atomic E-state index is 12.3. The average molecular weight is 303 g/mol. The van der Waals surface area contributed by atoms with Crippen LogP contribution >= 0.6 is 0 Å². The third-order valence-corrected chi connectivity index (χ3v) is 6.00. The highest BCUT2D eigenvalue weighted by molar-refractivity contribution is 7.89. The molecule has 7 heteroatoms. The highest BCUT2D eigenvalue weighted by Gasteiger charge is 2.33. The summed E-state index contributed by atoms with van der Waals surface area (Å²) in [4.78, 5) is 13.8. The minimum atomic E-state index is -3.15. The first-order valence-electron chi connectivity index (χ1n) is 7.52. The Kier molecular flexibility index (Phi) is 5.40. The van der Waals surface area contributed by atoms with Gasteiger partial charge in [-0.1, -0.05) is 13.3 Å². The molecule has 0 aromatic heterocycles. The lowest BCUT2D eigenvalue weighted by molar-refractivity contribution is -0.135. The van der Waals surface area contributed by atoms with E-state index in [1.165, 1.54) is 0 Å². The van der Waals surface area contributed by atoms with E-state index in [1.807, 2.05) is 11.8 Å². The van der Waals surface area contributed by atoms with Crippen LogP contribution in [0, 0.1) is 0 Å². The summed E-state index contributed by atoms with van der Waals surface area (Å²) in [5.41, 5.74) is 0. The second-order valence-electron chi connectivity index (χ2n) is 5.59. The molecule has 1 N–H and O–H groups in total. The van der Waals surface area contributed by atoms with Gasteiger partial charge in [0.15, 0.2) is 0 Å². The molecule has 2 aliphatic rings. The number of rotatable bonds is 5. The highest BCUT2D eigenvalue weighted by atomic mass is 32.2. The van der Waals surface area contributed by atoms with Gasteiger partial charge in [0.2, 0.25) is 15.9 Å². The van der Waals surface area contributed by atoms with Crippen molar-refractivity contribution in [3.63, 3.8) is 0 Å². The van der Waals surface area contributed by atoms with E-state index in [4.69, 9.17) is 0 Å². The van der Waals surface area contributed by atoms with Crippen LogP contribution < -0.4 is 5.32 Å². The molecule has 116 valence electrons. The van der Waals surface area contributed by atoms with Crippen LogP contribution in [0.25, 0.3) is 0 Å². The zero-order valence-corrected chi connectivity index (χ0v) is 13.0. The van der Waals surface area contributed by atoms with Gasteiger partial charge < -0.3 is 10.2 Å². The van der Waals surface area contributed by atoms with Gasteiger partial charge in [0.1, 0.15) is 0 Å². The van der Waals surface area contributed by atoms with Crippen LogP contribution in [0.1, 0.15) is 32.6 Å². The molecule has 2 fully saturated rings. The van der Waals surface area contributed by atoms with E-state index in [-0.39, 0.29) is 17.7 Å². The molecule has 0 aromatic carbocycles. The van der Waals surface area contributed by atoms with Crippen molar-refractivity contribution in [2.24, 2.45) is 0 Å². The Morgan fingerprint density at radius 2 is 2.15 bits per heavy atom. The number of carbonyl (C=O) groups is 1. The molecule has 20 heavy (non-hydrogen) atoms. The molecule has 0 spiro atoms. The average Bonchev–Trinajstić information content (AvgIpc) is 2.46. The second kappa shape index (κ2) is 6.87. The molecular weight excluding hydrogens is 278 g/mol. The van der Waals surface area contributed by atoms with Crippen molar-refractivity contribution < 1.29 is 13.2 Å². The summed E-state index contributed by atoms with van der Waals surface area (Å²) < 4.78 is 26.1. The topological polar surface area (TPSA) is 69.7 Å². The van der Waals surface area contributed by atoms with Gasteiger partial charge in [-0.2, -0.15) is 4.31 Å². The van der Waals surface area contributed by atoms with Gasteiger partial charge in [0, 0.05) is 32.2 Å². The molecule has 2 rings (SSSR count). The fraction of sp³-hybridized carbons (Fsp3) is 0.923. The summed E-state index contributed by atoms with van der Waals surface area (Å²) in [7, 11) is -3.15. The van der Waals surface area contributed by atoms with Crippen molar-refractivity contribution in [2.75, 3.05) is 38.5 Å². The fourth-order valence-electron chi connectivity index (χ4n) is 2.89. The Bertz CT molecular complexity index is 438. The van der Waals surface area contributed by atoms with Crippen molar-refractivity contribution in [2.45, 2.75) is 38.6 Å². The first kappa shape index (κ1) is 15.7. The number of amides is 1. The number of piperazine rings is 1. The van der Waals surface area contributed by atoms with Gasteiger partial charge in [0.05, 0.1) is 12.3 Å². The number of hydrogen-bond donors (Lipinski definition) is 1. The van der Waals surface area contributed by atoms with Crippen LogP contribution in [0.15, 0.2) is 0 Å². The van der Waals surface area contributed by atoms with Gasteiger partial charge >= 0.3 is 0 Å². The Hall–Kier alpha value is -0.660. The minimum absolute atomic E-state index is 0.0507. The number of sulfonamides is 1. The molecule has 0 saturated carbocycles. The second-order valence-corrected chi connectivity index (χ2v) is 7.68. The summed E-state index contributed by atoms with van der Waals surface area (Å²) in [6.45, 7) is 4.92. The predicted octanol–water partition coefficient (Wildman–Crippen LogP) is 0.0125. The molecule has 1 amide bonds. The van der Waals surface area contributed by atoms with E-state index in [2.05, 4.69) is 5.32 Å². The molecule has 0 bridgehead atoms. The van der Waals surface area contributed by atoms with Crippen molar-refractivity contribution in [1.29, 1.82) is 0 Å². The third-order valence-electron chi connectivity index (χ3n) is 4.08. The lowest BCUT2D eigenvalue weighted by Crippen LogP contribution is -2.57. The quantitative estimate of drug-likeness (QED) is 0.777. The van der Waals surface area contributed by atoms with Crippen molar-refractivity contribution in [1.82, 2.24) is 14.5 Å². The van der Waals surface area contributed by atoms with E-state index < -0.39 is 10.0 Å². The predicted molar refractivity (Wildman–Crippen MR) is 77.9 cm³/mol. The van der Waals surface area contributed by atoms with Crippen molar-refractivity contribution in [3.8, 4) is 0 Å². The maximum Gasteiger partial charge on any atom is 0.236 e. The number of nitrogens with one attached hydrogen (secondary N) is 1. The zero-order chi connectivity index (χ0) is 14.6. The zero-order valence-electron chi connectivity index (χ0n) is 12.2. The first-order valence-corrected chi connectivity index (χ1v) is 9.13. The van der Waals surface area contributed by atoms with Gasteiger partial charge in [-0.05, 0) is 19.3 Å². The van der Waals surface area contributed by atoms with E-state index in [0.717, 1.165) is 25.8 Å². The van der Waals surface area contributed by atoms with Crippen LogP contribution in [0.2, 0.25) is 0 Å². The lowest BCUT2D eigenvalue weighted by atomic mass is 10.1. The number of hydrogen-bond acceptors (Lipinski definition) is 4. The number of unbranched alkanes of at least 4 members (excludes halogenated alkanes) is 1. The van der Waals surface area contributed by atoms with E-state index in [1.54, 1.807) is 4.31 Å². The maximum absolute atomic E-state index is 12.3. The largest absolute Gasteiger partial charge is 0.336 e. The Balaban J connectivity index is 1.99. The molecule has 6 nitrogen and oxygen atoms in total. The van der Waals surface area contributed by atoms with Crippen LogP contribution in [-0.4, -0.2) is 68.0 Å². The van der Waals surface area contributed by atoms with Crippen LogP contribution in [0.3, 0.4) is 0 Å². The molecule has 2 aliphatic heterocycles. The molecular formula is C13H25N3O3S. The summed E-state index contributed by atoms with van der Waals surface area (Å²) in [6.07, 6.45) is 3.33. The summed E-state index contributed by atoms with van der Waals surface area (Å²) in [5.74, 6) is 0.320. The Morgan fingerprint density at radius 1 is 1.35 bits per heavy atom. The Morgan fingerprint density at radius 3 is 2.85 bits per heavy atom. The smallest absolute Gasteiger partial charge is 0.236 e. The summed E-state index contributed by atoms with van der Waals surface area (Å²) >= 11 is 0.